The Bertz CT molecular complexity index is 1380. The van der Waals surface area contributed by atoms with Gasteiger partial charge in [0.05, 0.1) is 29.7 Å². The molecular formula is C23H23F2N5O3. The van der Waals surface area contributed by atoms with Crippen LogP contribution in [0.25, 0.3) is 16.6 Å². The molecule has 0 aliphatic carbocycles. The molecule has 33 heavy (non-hydrogen) atoms. The molecule has 4 aromatic rings. The molecule has 0 radical (unpaired) electrons. The van der Waals surface area contributed by atoms with Crippen molar-refractivity contribution < 1.29 is 18.6 Å². The summed E-state index contributed by atoms with van der Waals surface area (Å²) in [4.78, 5) is 17.5. The van der Waals surface area contributed by atoms with Gasteiger partial charge in [0, 0.05) is 36.5 Å². The van der Waals surface area contributed by atoms with Crippen LogP contribution in [0.5, 0.6) is 0 Å². The van der Waals surface area contributed by atoms with Crippen molar-refractivity contribution in [3.63, 3.8) is 0 Å². The lowest BCUT2D eigenvalue weighted by Crippen LogP contribution is -2.24. The molecule has 4 heterocycles. The molecular weight excluding hydrogens is 432 g/mol. The van der Waals surface area contributed by atoms with E-state index in [0.717, 1.165) is 6.42 Å². The number of pyridine rings is 1. The van der Waals surface area contributed by atoms with E-state index in [0.29, 0.717) is 41.1 Å². The summed E-state index contributed by atoms with van der Waals surface area (Å²) < 4.78 is 36.7. The number of benzene rings is 1. The Hall–Kier alpha value is -3.37. The highest BCUT2D eigenvalue weighted by Crippen LogP contribution is 2.31. The lowest BCUT2D eigenvalue weighted by atomic mass is 10.0. The first-order chi connectivity index (χ1) is 15.9. The topological polar surface area (TPSA) is 93.7 Å². The Balaban J connectivity index is 1.59. The minimum absolute atomic E-state index is 0.0575. The minimum Gasteiger partial charge on any atom is -0.390 e. The van der Waals surface area contributed by atoms with Crippen LogP contribution in [0.2, 0.25) is 0 Å². The van der Waals surface area contributed by atoms with Gasteiger partial charge in [0.2, 0.25) is 0 Å². The summed E-state index contributed by atoms with van der Waals surface area (Å²) in [7, 11) is 0. The van der Waals surface area contributed by atoms with Crippen LogP contribution in [0.1, 0.15) is 36.6 Å². The van der Waals surface area contributed by atoms with Crippen molar-refractivity contribution in [2.45, 2.75) is 31.4 Å². The fourth-order valence-electron chi connectivity index (χ4n) is 4.19. The molecule has 1 aliphatic rings. The molecule has 1 fully saturated rings. The number of halogens is 2. The Morgan fingerprint density at radius 2 is 2.18 bits per heavy atom. The fourth-order valence-corrected chi connectivity index (χ4v) is 4.19. The Morgan fingerprint density at radius 3 is 2.94 bits per heavy atom. The molecule has 2 atom stereocenters. The van der Waals surface area contributed by atoms with Gasteiger partial charge < -0.3 is 19.7 Å². The minimum atomic E-state index is -3.32. The van der Waals surface area contributed by atoms with E-state index in [4.69, 9.17) is 9.84 Å². The number of fused-ring (bicyclic) bond motifs is 3. The molecule has 8 nitrogen and oxygen atoms in total. The molecule has 10 heteroatoms. The maximum absolute atomic E-state index is 14.0. The maximum Gasteiger partial charge on any atom is 0.295 e. The SMILES string of the molecule is C[C@@H](Nc1nc2ccnn2c2cc(=O)n([C@H]3CCOC3)cc12)c1cccc(C(F)(F)CO)c1. The molecule has 0 spiro atoms. The lowest BCUT2D eigenvalue weighted by Gasteiger charge is -2.20. The number of nitrogens with zero attached hydrogens (tertiary/aromatic N) is 4. The molecule has 3 aromatic heterocycles. The van der Waals surface area contributed by atoms with Crippen molar-refractivity contribution in [1.29, 1.82) is 0 Å². The molecule has 1 aromatic carbocycles. The van der Waals surface area contributed by atoms with Gasteiger partial charge in [0.15, 0.2) is 5.65 Å². The maximum atomic E-state index is 14.0. The number of aliphatic hydroxyl groups excluding tert-OH is 1. The van der Waals surface area contributed by atoms with Gasteiger partial charge in [-0.2, -0.15) is 13.9 Å². The first-order valence-electron chi connectivity index (χ1n) is 10.7. The summed E-state index contributed by atoms with van der Waals surface area (Å²) >= 11 is 0. The van der Waals surface area contributed by atoms with Crippen molar-refractivity contribution in [2.75, 3.05) is 25.1 Å². The number of rotatable bonds is 6. The van der Waals surface area contributed by atoms with Crippen LogP contribution in [-0.2, 0) is 10.7 Å². The zero-order valence-corrected chi connectivity index (χ0v) is 17.9. The molecule has 0 amide bonds. The summed E-state index contributed by atoms with van der Waals surface area (Å²) in [6.07, 6.45) is 4.11. The number of ether oxygens (including phenoxy) is 1. The highest BCUT2D eigenvalue weighted by atomic mass is 19.3. The number of anilines is 1. The smallest absolute Gasteiger partial charge is 0.295 e. The third kappa shape index (κ3) is 3.85. The number of aromatic nitrogens is 4. The number of hydrogen-bond acceptors (Lipinski definition) is 6. The van der Waals surface area contributed by atoms with Gasteiger partial charge in [-0.15, -0.1) is 0 Å². The molecule has 0 bridgehead atoms. The Kier molecular flexibility index (Phi) is 5.34. The van der Waals surface area contributed by atoms with Crippen LogP contribution in [0.4, 0.5) is 14.6 Å². The first-order valence-corrected chi connectivity index (χ1v) is 10.7. The van der Waals surface area contributed by atoms with Crippen molar-refractivity contribution >= 4 is 22.4 Å². The Labute approximate surface area is 187 Å². The Morgan fingerprint density at radius 1 is 1.33 bits per heavy atom. The standard InChI is InChI=1S/C23H23F2N5O3/c1-14(15-3-2-4-16(9-15)23(24,25)13-31)27-22-18-11-29(17-6-8-33-12-17)21(32)10-19(18)30-20(28-22)5-7-26-30/h2-5,7,9-11,14,17,31H,6,8,12-13H2,1H3,(H,27,28)/t14-,17+/m1/s1. The summed E-state index contributed by atoms with van der Waals surface area (Å²) in [5.74, 6) is -2.81. The predicted molar refractivity (Wildman–Crippen MR) is 119 cm³/mol. The first kappa shape index (κ1) is 21.5. The molecule has 1 saturated heterocycles. The number of aliphatic hydroxyl groups is 1. The summed E-state index contributed by atoms with van der Waals surface area (Å²) in [6, 6.07) is 8.77. The van der Waals surface area contributed by atoms with Gasteiger partial charge >= 0.3 is 0 Å². The molecule has 1 aliphatic heterocycles. The average molecular weight is 455 g/mol. The van der Waals surface area contributed by atoms with Crippen LogP contribution in [0, 0.1) is 0 Å². The number of alkyl halides is 2. The zero-order valence-electron chi connectivity index (χ0n) is 17.9. The molecule has 5 rings (SSSR count). The van der Waals surface area contributed by atoms with E-state index >= 15 is 0 Å². The van der Waals surface area contributed by atoms with E-state index in [9.17, 15) is 13.6 Å². The summed E-state index contributed by atoms with van der Waals surface area (Å²) in [5.41, 5.74) is 1.36. The van der Waals surface area contributed by atoms with E-state index in [-0.39, 0.29) is 23.2 Å². The highest BCUT2D eigenvalue weighted by molar-refractivity contribution is 5.90. The quantitative estimate of drug-likeness (QED) is 0.464. The van der Waals surface area contributed by atoms with Gasteiger partial charge in [0.25, 0.3) is 11.5 Å². The normalized spacial score (nSPS) is 17.6. The van der Waals surface area contributed by atoms with Crippen molar-refractivity contribution in [3.8, 4) is 0 Å². The van der Waals surface area contributed by atoms with Crippen LogP contribution >= 0.6 is 0 Å². The van der Waals surface area contributed by atoms with Gasteiger partial charge in [-0.25, -0.2) is 9.50 Å². The summed E-state index contributed by atoms with van der Waals surface area (Å²) in [6.45, 7) is 1.65. The second-order valence-corrected chi connectivity index (χ2v) is 8.25. The van der Waals surface area contributed by atoms with Crippen LogP contribution < -0.4 is 10.9 Å². The monoisotopic (exact) mass is 455 g/mol. The van der Waals surface area contributed by atoms with Crippen LogP contribution in [-0.4, -0.2) is 44.1 Å². The fraction of sp³-hybridized carbons (Fsp3) is 0.348. The second kappa shape index (κ2) is 8.20. The number of nitrogens with one attached hydrogen (secondary N) is 1. The van der Waals surface area contributed by atoms with Gasteiger partial charge in [-0.3, -0.25) is 4.79 Å². The lowest BCUT2D eigenvalue weighted by molar-refractivity contribution is -0.0556. The van der Waals surface area contributed by atoms with Crippen molar-refractivity contribution in [1.82, 2.24) is 19.2 Å². The average Bonchev–Trinajstić information content (AvgIpc) is 3.51. The van der Waals surface area contributed by atoms with Gasteiger partial charge in [0.1, 0.15) is 12.4 Å². The van der Waals surface area contributed by atoms with E-state index in [1.807, 2.05) is 6.92 Å². The third-order valence-electron chi connectivity index (χ3n) is 6.05. The highest BCUT2D eigenvalue weighted by Gasteiger charge is 2.31. The largest absolute Gasteiger partial charge is 0.390 e. The molecule has 0 unspecified atom stereocenters. The zero-order chi connectivity index (χ0) is 23.2. The van der Waals surface area contributed by atoms with Crippen LogP contribution in [0.15, 0.2) is 53.6 Å². The predicted octanol–water partition coefficient (Wildman–Crippen LogP) is 3.26. The molecule has 2 N–H and O–H groups in total. The number of hydrogen-bond donors (Lipinski definition) is 2. The van der Waals surface area contributed by atoms with Gasteiger partial charge in [-0.1, -0.05) is 18.2 Å². The van der Waals surface area contributed by atoms with E-state index in [1.165, 1.54) is 24.3 Å². The summed E-state index contributed by atoms with van der Waals surface area (Å²) in [5, 5.41) is 17.3. The molecule has 0 saturated carbocycles. The van der Waals surface area contributed by atoms with Crippen LogP contribution in [0.3, 0.4) is 0 Å². The van der Waals surface area contributed by atoms with E-state index in [2.05, 4.69) is 15.4 Å². The van der Waals surface area contributed by atoms with Crippen molar-refractivity contribution in [3.05, 3.63) is 70.3 Å². The second-order valence-electron chi connectivity index (χ2n) is 8.25. The third-order valence-corrected chi connectivity index (χ3v) is 6.05. The molecule has 172 valence electrons. The van der Waals surface area contributed by atoms with E-state index < -0.39 is 12.5 Å². The van der Waals surface area contributed by atoms with E-state index in [1.54, 1.807) is 33.6 Å². The van der Waals surface area contributed by atoms with Crippen molar-refractivity contribution in [2.24, 2.45) is 0 Å². The van der Waals surface area contributed by atoms with Gasteiger partial charge in [-0.05, 0) is 25.0 Å².